The summed E-state index contributed by atoms with van der Waals surface area (Å²) in [6.45, 7) is 6.25. The lowest BCUT2D eigenvalue weighted by molar-refractivity contribution is 0.413. The van der Waals surface area contributed by atoms with E-state index in [2.05, 4.69) is 54.3 Å². The number of benzene rings is 1. The molecule has 4 heteroatoms. The third kappa shape index (κ3) is 5.50. The summed E-state index contributed by atoms with van der Waals surface area (Å²) in [6.07, 6.45) is 3.77. The van der Waals surface area contributed by atoms with Crippen LogP contribution >= 0.6 is 11.6 Å². The first-order valence-corrected chi connectivity index (χ1v) is 8.39. The molecule has 1 fully saturated rings. The van der Waals surface area contributed by atoms with Crippen molar-refractivity contribution in [2.45, 2.75) is 38.8 Å². The van der Waals surface area contributed by atoms with E-state index in [4.69, 9.17) is 11.6 Å². The molecule has 21 heavy (non-hydrogen) atoms. The lowest BCUT2D eigenvalue weighted by Gasteiger charge is -2.27. The number of nitrogens with one attached hydrogen (secondary N) is 1. The first-order chi connectivity index (χ1) is 10.1. The molecule has 118 valence electrons. The van der Waals surface area contributed by atoms with Crippen LogP contribution in [0.2, 0.25) is 5.02 Å². The van der Waals surface area contributed by atoms with Crippen molar-refractivity contribution in [1.82, 2.24) is 10.2 Å². The molecular weight excluding hydrogens is 282 g/mol. The van der Waals surface area contributed by atoms with Crippen LogP contribution in [0.3, 0.4) is 0 Å². The lowest BCUT2D eigenvalue weighted by atomic mass is 10.2. The second-order valence-corrected chi connectivity index (χ2v) is 6.64. The van der Waals surface area contributed by atoms with Gasteiger partial charge in [0.1, 0.15) is 0 Å². The molecule has 1 saturated carbocycles. The second-order valence-electron chi connectivity index (χ2n) is 6.23. The van der Waals surface area contributed by atoms with Crippen molar-refractivity contribution in [3.8, 4) is 0 Å². The predicted molar refractivity (Wildman–Crippen MR) is 92.4 cm³/mol. The van der Waals surface area contributed by atoms with Gasteiger partial charge >= 0.3 is 0 Å². The standard InChI is InChI=1S/C17H28ClN3/c1-4-9-21(11-10-20(2)3)17-8-5-14(12-16(17)18)13-19-15-6-7-15/h5,8,12,15,19H,4,6-7,9-11,13H2,1-3H3. The highest BCUT2D eigenvalue weighted by molar-refractivity contribution is 6.33. The van der Waals surface area contributed by atoms with E-state index in [1.807, 2.05) is 0 Å². The van der Waals surface area contributed by atoms with E-state index in [1.165, 1.54) is 18.4 Å². The van der Waals surface area contributed by atoms with Crippen LogP contribution < -0.4 is 10.2 Å². The topological polar surface area (TPSA) is 18.5 Å². The van der Waals surface area contributed by atoms with Crippen LogP contribution in [0.15, 0.2) is 18.2 Å². The Morgan fingerprint density at radius 3 is 2.52 bits per heavy atom. The third-order valence-electron chi connectivity index (χ3n) is 3.84. The van der Waals surface area contributed by atoms with Crippen LogP contribution in [0, 0.1) is 0 Å². The maximum absolute atomic E-state index is 6.52. The monoisotopic (exact) mass is 309 g/mol. The summed E-state index contributed by atoms with van der Waals surface area (Å²) in [5.74, 6) is 0. The van der Waals surface area contributed by atoms with E-state index < -0.39 is 0 Å². The predicted octanol–water partition coefficient (Wildman–Crippen LogP) is 3.37. The SMILES string of the molecule is CCCN(CCN(C)C)c1ccc(CNC2CC2)cc1Cl. The summed E-state index contributed by atoms with van der Waals surface area (Å²) >= 11 is 6.52. The summed E-state index contributed by atoms with van der Waals surface area (Å²) in [5, 5.41) is 4.41. The minimum atomic E-state index is 0.736. The fourth-order valence-electron chi connectivity index (χ4n) is 2.41. The largest absolute Gasteiger partial charge is 0.369 e. The zero-order valence-electron chi connectivity index (χ0n) is 13.5. The molecule has 0 spiro atoms. The smallest absolute Gasteiger partial charge is 0.0642 e. The third-order valence-corrected chi connectivity index (χ3v) is 4.14. The molecule has 0 aliphatic heterocycles. The molecule has 0 aromatic heterocycles. The Balaban J connectivity index is 2.00. The lowest BCUT2D eigenvalue weighted by Crippen LogP contribution is -2.32. The molecule has 1 N–H and O–H groups in total. The van der Waals surface area contributed by atoms with Crippen molar-refractivity contribution in [2.24, 2.45) is 0 Å². The highest BCUT2D eigenvalue weighted by Gasteiger charge is 2.20. The van der Waals surface area contributed by atoms with E-state index in [0.717, 1.165) is 49.4 Å². The molecule has 3 nitrogen and oxygen atoms in total. The normalized spacial score (nSPS) is 14.7. The van der Waals surface area contributed by atoms with Gasteiger partial charge in [0.2, 0.25) is 0 Å². The van der Waals surface area contributed by atoms with Gasteiger partial charge in [-0.25, -0.2) is 0 Å². The van der Waals surface area contributed by atoms with E-state index in [-0.39, 0.29) is 0 Å². The molecule has 0 unspecified atom stereocenters. The number of nitrogens with zero attached hydrogens (tertiary/aromatic N) is 2. The average Bonchev–Trinajstić information content (AvgIpc) is 3.26. The maximum Gasteiger partial charge on any atom is 0.0642 e. The Labute approximate surface area is 134 Å². The van der Waals surface area contributed by atoms with Gasteiger partial charge in [0.15, 0.2) is 0 Å². The number of hydrogen-bond donors (Lipinski definition) is 1. The highest BCUT2D eigenvalue weighted by atomic mass is 35.5. The minimum absolute atomic E-state index is 0.736. The van der Waals surface area contributed by atoms with Crippen LogP contribution in [0.1, 0.15) is 31.7 Å². The number of halogens is 1. The van der Waals surface area contributed by atoms with Crippen LogP contribution in [0.4, 0.5) is 5.69 Å². The highest BCUT2D eigenvalue weighted by Crippen LogP contribution is 2.28. The summed E-state index contributed by atoms with van der Waals surface area (Å²) in [5.41, 5.74) is 2.44. The van der Waals surface area contributed by atoms with Gasteiger partial charge in [-0.15, -0.1) is 0 Å². The number of rotatable bonds is 9. The molecule has 0 heterocycles. The Morgan fingerprint density at radius 2 is 1.95 bits per heavy atom. The van der Waals surface area contributed by atoms with Crippen LogP contribution in [-0.2, 0) is 6.54 Å². The summed E-state index contributed by atoms with van der Waals surface area (Å²) in [6, 6.07) is 7.23. The summed E-state index contributed by atoms with van der Waals surface area (Å²) in [4.78, 5) is 4.60. The van der Waals surface area contributed by atoms with Crippen LogP contribution in [0.25, 0.3) is 0 Å². The fraction of sp³-hybridized carbons (Fsp3) is 0.647. The van der Waals surface area contributed by atoms with Gasteiger partial charge < -0.3 is 15.1 Å². The fourth-order valence-corrected chi connectivity index (χ4v) is 2.73. The maximum atomic E-state index is 6.52. The van der Waals surface area contributed by atoms with Gasteiger partial charge in [0, 0.05) is 32.2 Å². The molecule has 1 aromatic carbocycles. The second kappa shape index (κ2) is 8.02. The van der Waals surface area contributed by atoms with Gasteiger partial charge in [-0.2, -0.15) is 0 Å². The summed E-state index contributed by atoms with van der Waals surface area (Å²) < 4.78 is 0. The Morgan fingerprint density at radius 1 is 1.19 bits per heavy atom. The quantitative estimate of drug-likeness (QED) is 0.754. The minimum Gasteiger partial charge on any atom is -0.369 e. The average molecular weight is 310 g/mol. The van der Waals surface area contributed by atoms with Crippen LogP contribution in [0.5, 0.6) is 0 Å². The molecule has 1 aromatic rings. The molecule has 0 amide bonds. The van der Waals surface area contributed by atoms with Crippen molar-refractivity contribution in [3.05, 3.63) is 28.8 Å². The molecule has 1 aliphatic carbocycles. The molecule has 0 radical (unpaired) electrons. The van der Waals surface area contributed by atoms with Crippen LogP contribution in [-0.4, -0.2) is 44.7 Å². The van der Waals surface area contributed by atoms with Crippen molar-refractivity contribution in [3.63, 3.8) is 0 Å². The van der Waals surface area contributed by atoms with E-state index in [1.54, 1.807) is 0 Å². The first-order valence-electron chi connectivity index (χ1n) is 8.01. The number of hydrogen-bond acceptors (Lipinski definition) is 3. The first kappa shape index (κ1) is 16.6. The van der Waals surface area contributed by atoms with Gasteiger partial charge in [-0.1, -0.05) is 24.6 Å². The van der Waals surface area contributed by atoms with Gasteiger partial charge in [-0.05, 0) is 51.1 Å². The van der Waals surface area contributed by atoms with Gasteiger partial charge in [0.05, 0.1) is 10.7 Å². The van der Waals surface area contributed by atoms with E-state index in [0.29, 0.717) is 0 Å². The van der Waals surface area contributed by atoms with E-state index >= 15 is 0 Å². The molecule has 0 atom stereocenters. The van der Waals surface area contributed by atoms with Gasteiger partial charge in [-0.3, -0.25) is 0 Å². The van der Waals surface area contributed by atoms with Crippen molar-refractivity contribution >= 4 is 17.3 Å². The summed E-state index contributed by atoms with van der Waals surface area (Å²) in [7, 11) is 4.22. The molecule has 0 bridgehead atoms. The number of anilines is 1. The zero-order chi connectivity index (χ0) is 15.2. The van der Waals surface area contributed by atoms with E-state index in [9.17, 15) is 0 Å². The molecule has 2 rings (SSSR count). The number of likely N-dealkylation sites (N-methyl/N-ethyl adjacent to an activating group) is 1. The van der Waals surface area contributed by atoms with Gasteiger partial charge in [0.25, 0.3) is 0 Å². The zero-order valence-corrected chi connectivity index (χ0v) is 14.3. The van der Waals surface area contributed by atoms with Crippen molar-refractivity contribution < 1.29 is 0 Å². The van der Waals surface area contributed by atoms with Crippen molar-refractivity contribution in [2.75, 3.05) is 38.6 Å². The Hall–Kier alpha value is -0.770. The molecule has 1 aliphatic rings. The molecule has 0 saturated heterocycles. The van der Waals surface area contributed by atoms with Crippen molar-refractivity contribution in [1.29, 1.82) is 0 Å². The Bertz CT molecular complexity index is 444. The Kier molecular flexibility index (Phi) is 6.34. The molecular formula is C17H28ClN3.